The van der Waals surface area contributed by atoms with E-state index in [-0.39, 0.29) is 0 Å². The van der Waals surface area contributed by atoms with Crippen molar-refractivity contribution in [2.45, 2.75) is 19.9 Å². The van der Waals surface area contributed by atoms with Gasteiger partial charge in [-0.1, -0.05) is 30.1 Å². The average molecular weight is 311 g/mol. The minimum Gasteiger partial charge on any atom is -0.437 e. The van der Waals surface area contributed by atoms with Crippen molar-refractivity contribution in [3.8, 4) is 11.6 Å². The van der Waals surface area contributed by atoms with Crippen LogP contribution >= 0.6 is 23.2 Å². The molecule has 5 heteroatoms. The van der Waals surface area contributed by atoms with Gasteiger partial charge in [-0.3, -0.25) is 0 Å². The lowest BCUT2D eigenvalue weighted by molar-refractivity contribution is 0.462. The Kier molecular flexibility index (Phi) is 5.65. The van der Waals surface area contributed by atoms with E-state index in [1.807, 2.05) is 12.1 Å². The fourth-order valence-electron chi connectivity index (χ4n) is 1.70. The van der Waals surface area contributed by atoms with Gasteiger partial charge in [0.2, 0.25) is 5.88 Å². The molecule has 0 saturated carbocycles. The Labute approximate surface area is 128 Å². The number of hydrogen-bond acceptors (Lipinski definition) is 3. The Morgan fingerprint density at radius 1 is 1.20 bits per heavy atom. The van der Waals surface area contributed by atoms with Crippen LogP contribution in [0.2, 0.25) is 10.0 Å². The third kappa shape index (κ3) is 4.37. The SMILES string of the molecule is CCCNCc1ccnc(Oc2ccc(Cl)cc2Cl)c1. The molecule has 0 aliphatic rings. The van der Waals surface area contributed by atoms with E-state index < -0.39 is 0 Å². The predicted molar refractivity (Wildman–Crippen MR) is 82.8 cm³/mol. The minimum absolute atomic E-state index is 0.466. The van der Waals surface area contributed by atoms with Crippen molar-refractivity contribution in [3.63, 3.8) is 0 Å². The molecule has 0 atom stereocenters. The van der Waals surface area contributed by atoms with E-state index in [9.17, 15) is 0 Å². The van der Waals surface area contributed by atoms with E-state index in [2.05, 4.69) is 17.2 Å². The molecule has 0 radical (unpaired) electrons. The molecular weight excluding hydrogens is 295 g/mol. The molecule has 0 amide bonds. The molecule has 0 aliphatic heterocycles. The summed E-state index contributed by atoms with van der Waals surface area (Å²) < 4.78 is 5.68. The molecule has 0 saturated heterocycles. The standard InChI is InChI=1S/C15H16Cl2N2O/c1-2-6-18-10-11-5-7-19-15(8-11)20-14-4-3-12(16)9-13(14)17/h3-5,7-9,18H,2,6,10H2,1H3. The largest absolute Gasteiger partial charge is 0.437 e. The number of nitrogens with zero attached hydrogens (tertiary/aromatic N) is 1. The van der Waals surface area contributed by atoms with Crippen LogP contribution in [0, 0.1) is 0 Å². The van der Waals surface area contributed by atoms with Gasteiger partial charge in [0.15, 0.2) is 0 Å². The van der Waals surface area contributed by atoms with Crippen molar-refractivity contribution in [3.05, 3.63) is 52.1 Å². The number of pyridine rings is 1. The van der Waals surface area contributed by atoms with Gasteiger partial charge in [-0.05, 0) is 42.8 Å². The van der Waals surface area contributed by atoms with E-state index in [4.69, 9.17) is 27.9 Å². The van der Waals surface area contributed by atoms with Crippen LogP contribution in [0.3, 0.4) is 0 Å². The lowest BCUT2D eigenvalue weighted by Crippen LogP contribution is -2.13. The molecular formula is C15H16Cl2N2O. The molecule has 0 aliphatic carbocycles. The Morgan fingerprint density at radius 2 is 2.05 bits per heavy atom. The zero-order valence-corrected chi connectivity index (χ0v) is 12.7. The average Bonchev–Trinajstić information content (AvgIpc) is 2.43. The summed E-state index contributed by atoms with van der Waals surface area (Å²) in [5.41, 5.74) is 1.12. The van der Waals surface area contributed by atoms with E-state index in [0.29, 0.717) is 21.7 Å². The van der Waals surface area contributed by atoms with Gasteiger partial charge in [-0.25, -0.2) is 4.98 Å². The number of aromatic nitrogens is 1. The minimum atomic E-state index is 0.466. The molecule has 1 aromatic carbocycles. The number of halogens is 2. The fourth-order valence-corrected chi connectivity index (χ4v) is 2.14. The highest BCUT2D eigenvalue weighted by molar-refractivity contribution is 6.35. The van der Waals surface area contributed by atoms with Gasteiger partial charge in [0, 0.05) is 23.8 Å². The molecule has 1 N–H and O–H groups in total. The third-order valence-electron chi connectivity index (χ3n) is 2.66. The second-order valence-electron chi connectivity index (χ2n) is 4.36. The maximum absolute atomic E-state index is 6.07. The van der Waals surface area contributed by atoms with Gasteiger partial charge in [0.05, 0.1) is 5.02 Å². The lowest BCUT2D eigenvalue weighted by Gasteiger charge is -2.08. The number of ether oxygens (including phenoxy) is 1. The molecule has 2 rings (SSSR count). The second-order valence-corrected chi connectivity index (χ2v) is 5.20. The number of nitrogens with one attached hydrogen (secondary N) is 1. The van der Waals surface area contributed by atoms with Gasteiger partial charge >= 0.3 is 0 Å². The van der Waals surface area contributed by atoms with E-state index in [1.54, 1.807) is 24.4 Å². The molecule has 0 fully saturated rings. The van der Waals surface area contributed by atoms with Crippen LogP contribution in [0.25, 0.3) is 0 Å². The lowest BCUT2D eigenvalue weighted by atomic mass is 10.2. The van der Waals surface area contributed by atoms with Crippen molar-refractivity contribution in [2.75, 3.05) is 6.54 Å². The first-order valence-corrected chi connectivity index (χ1v) is 7.23. The number of rotatable bonds is 6. The molecule has 3 nitrogen and oxygen atoms in total. The first-order chi connectivity index (χ1) is 9.69. The molecule has 1 heterocycles. The van der Waals surface area contributed by atoms with Crippen LogP contribution in [-0.2, 0) is 6.54 Å². The zero-order chi connectivity index (χ0) is 14.4. The topological polar surface area (TPSA) is 34.2 Å². The molecule has 20 heavy (non-hydrogen) atoms. The maximum atomic E-state index is 6.07. The van der Waals surface area contributed by atoms with Gasteiger partial charge in [-0.2, -0.15) is 0 Å². The smallest absolute Gasteiger partial charge is 0.219 e. The molecule has 2 aromatic rings. The van der Waals surface area contributed by atoms with Gasteiger partial charge in [0.1, 0.15) is 5.75 Å². The summed E-state index contributed by atoms with van der Waals surface area (Å²) in [5, 5.41) is 4.38. The normalized spacial score (nSPS) is 10.6. The summed E-state index contributed by atoms with van der Waals surface area (Å²) in [7, 11) is 0. The van der Waals surface area contributed by atoms with Crippen LogP contribution in [0.1, 0.15) is 18.9 Å². The zero-order valence-electron chi connectivity index (χ0n) is 11.2. The summed E-state index contributed by atoms with van der Waals surface area (Å²) in [6.45, 7) is 3.92. The summed E-state index contributed by atoms with van der Waals surface area (Å²) in [6, 6.07) is 8.96. The van der Waals surface area contributed by atoms with E-state index in [0.717, 1.165) is 25.1 Å². The third-order valence-corrected chi connectivity index (χ3v) is 3.19. The van der Waals surface area contributed by atoms with E-state index >= 15 is 0 Å². The van der Waals surface area contributed by atoms with Gasteiger partial charge in [-0.15, -0.1) is 0 Å². The summed E-state index contributed by atoms with van der Waals surface area (Å²) in [5.74, 6) is 1.06. The molecule has 1 aromatic heterocycles. The van der Waals surface area contributed by atoms with Crippen LogP contribution in [0.4, 0.5) is 0 Å². The summed E-state index contributed by atoms with van der Waals surface area (Å²) in [6.07, 6.45) is 2.83. The van der Waals surface area contributed by atoms with Gasteiger partial charge < -0.3 is 10.1 Å². The second kappa shape index (κ2) is 7.48. The molecule has 0 spiro atoms. The van der Waals surface area contributed by atoms with Crippen molar-refractivity contribution in [1.82, 2.24) is 10.3 Å². The van der Waals surface area contributed by atoms with Crippen molar-refractivity contribution in [1.29, 1.82) is 0 Å². The Balaban J connectivity index is 2.07. The highest BCUT2D eigenvalue weighted by Crippen LogP contribution is 2.30. The molecule has 0 bridgehead atoms. The van der Waals surface area contributed by atoms with Crippen LogP contribution in [0.5, 0.6) is 11.6 Å². The maximum Gasteiger partial charge on any atom is 0.219 e. The van der Waals surface area contributed by atoms with Crippen LogP contribution in [0.15, 0.2) is 36.5 Å². The van der Waals surface area contributed by atoms with Crippen LogP contribution in [-0.4, -0.2) is 11.5 Å². The number of hydrogen-bond donors (Lipinski definition) is 1. The summed E-state index contributed by atoms with van der Waals surface area (Å²) >= 11 is 11.9. The Hall–Kier alpha value is -1.29. The predicted octanol–water partition coefficient (Wildman–Crippen LogP) is 4.68. The molecule has 0 unspecified atom stereocenters. The van der Waals surface area contributed by atoms with Crippen LogP contribution < -0.4 is 10.1 Å². The van der Waals surface area contributed by atoms with Gasteiger partial charge in [0.25, 0.3) is 0 Å². The summed E-state index contributed by atoms with van der Waals surface area (Å²) in [4.78, 5) is 4.18. The Morgan fingerprint density at radius 3 is 2.80 bits per heavy atom. The van der Waals surface area contributed by atoms with Crippen molar-refractivity contribution >= 4 is 23.2 Å². The number of benzene rings is 1. The van der Waals surface area contributed by atoms with E-state index in [1.165, 1.54) is 0 Å². The first kappa shape index (κ1) is 15.1. The van der Waals surface area contributed by atoms with Crippen molar-refractivity contribution in [2.24, 2.45) is 0 Å². The highest BCUT2D eigenvalue weighted by atomic mass is 35.5. The Bertz CT molecular complexity index is 576. The molecule has 106 valence electrons. The fraction of sp³-hybridized carbons (Fsp3) is 0.267. The van der Waals surface area contributed by atoms with Crippen molar-refractivity contribution < 1.29 is 4.74 Å². The monoisotopic (exact) mass is 310 g/mol. The highest BCUT2D eigenvalue weighted by Gasteiger charge is 2.05. The first-order valence-electron chi connectivity index (χ1n) is 6.47. The quantitative estimate of drug-likeness (QED) is 0.787.